The molecule has 6 heteroatoms. The molecule has 1 aliphatic rings. The molecule has 2 heterocycles. The number of hydrogen-bond acceptors (Lipinski definition) is 4. The Morgan fingerprint density at radius 3 is 2.83 bits per heavy atom. The zero-order chi connectivity index (χ0) is 13.1. The SMILES string of the molecule is CC(Nc1ncc(N)cc1Br)C(=O)N1CCCC1. The zero-order valence-corrected chi connectivity index (χ0v) is 11.9. The van der Waals surface area contributed by atoms with Gasteiger partial charge in [-0.15, -0.1) is 0 Å². The van der Waals surface area contributed by atoms with Gasteiger partial charge in [-0.3, -0.25) is 4.79 Å². The fourth-order valence-corrected chi connectivity index (χ4v) is 2.52. The van der Waals surface area contributed by atoms with Crippen molar-refractivity contribution < 1.29 is 4.79 Å². The molecule has 0 radical (unpaired) electrons. The number of amides is 1. The summed E-state index contributed by atoms with van der Waals surface area (Å²) in [6.45, 7) is 3.58. The Hall–Kier alpha value is -1.30. The lowest BCUT2D eigenvalue weighted by molar-refractivity contribution is -0.130. The Morgan fingerprint density at radius 2 is 2.22 bits per heavy atom. The molecule has 1 unspecified atom stereocenters. The molecule has 1 amide bonds. The third-order valence-electron chi connectivity index (χ3n) is 3.00. The van der Waals surface area contributed by atoms with E-state index in [0.29, 0.717) is 11.5 Å². The molecule has 1 atom stereocenters. The predicted octanol–water partition coefficient (Wildman–Crippen LogP) is 1.85. The molecule has 0 aliphatic carbocycles. The van der Waals surface area contributed by atoms with Gasteiger partial charge in [0.2, 0.25) is 5.91 Å². The number of pyridine rings is 1. The topological polar surface area (TPSA) is 71.2 Å². The molecule has 2 rings (SSSR count). The Morgan fingerprint density at radius 1 is 1.56 bits per heavy atom. The first-order valence-electron chi connectivity index (χ1n) is 6.04. The lowest BCUT2D eigenvalue weighted by atomic mass is 10.3. The smallest absolute Gasteiger partial charge is 0.244 e. The highest BCUT2D eigenvalue weighted by molar-refractivity contribution is 9.10. The maximum atomic E-state index is 12.1. The summed E-state index contributed by atoms with van der Waals surface area (Å²) in [5.41, 5.74) is 6.21. The first kappa shape index (κ1) is 13.1. The third-order valence-corrected chi connectivity index (χ3v) is 3.61. The Labute approximate surface area is 115 Å². The number of rotatable bonds is 3. The molecule has 5 nitrogen and oxygen atoms in total. The molecule has 1 saturated heterocycles. The van der Waals surface area contributed by atoms with Gasteiger partial charge in [-0.1, -0.05) is 0 Å². The molecule has 98 valence electrons. The van der Waals surface area contributed by atoms with Gasteiger partial charge in [0, 0.05) is 13.1 Å². The molecular weight excluding hydrogens is 296 g/mol. The first-order valence-corrected chi connectivity index (χ1v) is 6.83. The highest BCUT2D eigenvalue weighted by Crippen LogP contribution is 2.22. The van der Waals surface area contributed by atoms with E-state index in [4.69, 9.17) is 5.73 Å². The van der Waals surface area contributed by atoms with Crippen LogP contribution >= 0.6 is 15.9 Å². The first-order chi connectivity index (χ1) is 8.58. The minimum absolute atomic E-state index is 0.123. The number of nitrogens with zero attached hydrogens (tertiary/aromatic N) is 2. The maximum Gasteiger partial charge on any atom is 0.244 e. The number of anilines is 2. The second-order valence-electron chi connectivity index (χ2n) is 4.50. The highest BCUT2D eigenvalue weighted by atomic mass is 79.9. The Kier molecular flexibility index (Phi) is 4.06. The molecule has 0 spiro atoms. The second-order valence-corrected chi connectivity index (χ2v) is 5.35. The molecule has 0 saturated carbocycles. The number of nitrogens with two attached hydrogens (primary N) is 1. The predicted molar refractivity (Wildman–Crippen MR) is 75.2 cm³/mol. The molecular formula is C12H17BrN4O. The largest absolute Gasteiger partial charge is 0.397 e. The monoisotopic (exact) mass is 312 g/mol. The van der Waals surface area contributed by atoms with Crippen LogP contribution in [0.1, 0.15) is 19.8 Å². The van der Waals surface area contributed by atoms with Crippen LogP contribution in [0.15, 0.2) is 16.7 Å². The second kappa shape index (κ2) is 5.56. The minimum Gasteiger partial charge on any atom is -0.397 e. The summed E-state index contributed by atoms with van der Waals surface area (Å²) in [6, 6.07) is 1.48. The van der Waals surface area contributed by atoms with E-state index >= 15 is 0 Å². The van der Waals surface area contributed by atoms with Gasteiger partial charge in [0.25, 0.3) is 0 Å². The van der Waals surface area contributed by atoms with E-state index in [2.05, 4.69) is 26.2 Å². The Balaban J connectivity index is 2.01. The van der Waals surface area contributed by atoms with Crippen molar-refractivity contribution in [3.05, 3.63) is 16.7 Å². The van der Waals surface area contributed by atoms with E-state index in [0.717, 1.165) is 30.4 Å². The number of aromatic nitrogens is 1. The van der Waals surface area contributed by atoms with Crippen molar-refractivity contribution in [3.8, 4) is 0 Å². The van der Waals surface area contributed by atoms with Crippen molar-refractivity contribution in [2.75, 3.05) is 24.1 Å². The standard InChI is InChI=1S/C12H17BrN4O/c1-8(12(18)17-4-2-3-5-17)16-11-10(13)6-9(14)7-15-11/h6-8H,2-5,14H2,1H3,(H,15,16). The lowest BCUT2D eigenvalue weighted by Gasteiger charge is -2.21. The number of nitrogen functional groups attached to an aromatic ring is 1. The molecule has 0 bridgehead atoms. The number of hydrogen-bond donors (Lipinski definition) is 2. The van der Waals surface area contributed by atoms with Crippen LogP contribution in [0.3, 0.4) is 0 Å². The molecule has 1 aromatic heterocycles. The molecule has 1 aliphatic heterocycles. The van der Waals surface area contributed by atoms with Crippen molar-refractivity contribution in [1.82, 2.24) is 9.88 Å². The minimum atomic E-state index is -0.282. The van der Waals surface area contributed by atoms with E-state index in [1.54, 1.807) is 12.3 Å². The van der Waals surface area contributed by atoms with E-state index in [1.807, 2.05) is 11.8 Å². The summed E-state index contributed by atoms with van der Waals surface area (Å²) in [5, 5.41) is 3.11. The van der Waals surface area contributed by atoms with Crippen molar-refractivity contribution in [3.63, 3.8) is 0 Å². The van der Waals surface area contributed by atoms with Crippen molar-refractivity contribution in [1.29, 1.82) is 0 Å². The van der Waals surface area contributed by atoms with Crippen LogP contribution in [0, 0.1) is 0 Å². The average Bonchev–Trinajstić information content (AvgIpc) is 2.85. The van der Waals surface area contributed by atoms with Crippen LogP contribution in [0.5, 0.6) is 0 Å². The summed E-state index contributed by atoms with van der Waals surface area (Å²) in [4.78, 5) is 18.2. The molecule has 0 aromatic carbocycles. The summed E-state index contributed by atoms with van der Waals surface area (Å²) >= 11 is 3.38. The van der Waals surface area contributed by atoms with Crippen LogP contribution in [0.2, 0.25) is 0 Å². The van der Waals surface area contributed by atoms with E-state index in [1.165, 1.54) is 0 Å². The van der Waals surface area contributed by atoms with Gasteiger partial charge >= 0.3 is 0 Å². The fourth-order valence-electron chi connectivity index (χ4n) is 2.04. The average molecular weight is 313 g/mol. The Bertz CT molecular complexity index is 446. The molecule has 18 heavy (non-hydrogen) atoms. The number of carbonyl (C=O) groups is 1. The summed E-state index contributed by atoms with van der Waals surface area (Å²) < 4.78 is 0.767. The fraction of sp³-hybridized carbons (Fsp3) is 0.500. The molecule has 1 fully saturated rings. The van der Waals surface area contributed by atoms with Gasteiger partial charge in [0.1, 0.15) is 11.9 Å². The van der Waals surface area contributed by atoms with Crippen LogP contribution in [-0.4, -0.2) is 34.9 Å². The number of nitrogens with one attached hydrogen (secondary N) is 1. The van der Waals surface area contributed by atoms with Gasteiger partial charge in [-0.25, -0.2) is 4.98 Å². The van der Waals surface area contributed by atoms with Crippen molar-refractivity contribution in [2.24, 2.45) is 0 Å². The van der Waals surface area contributed by atoms with Gasteiger partial charge in [0.15, 0.2) is 0 Å². The van der Waals surface area contributed by atoms with E-state index in [-0.39, 0.29) is 11.9 Å². The maximum absolute atomic E-state index is 12.1. The third kappa shape index (κ3) is 2.93. The molecule has 3 N–H and O–H groups in total. The summed E-state index contributed by atoms with van der Waals surface area (Å²) in [6.07, 6.45) is 3.77. The van der Waals surface area contributed by atoms with Crippen LogP contribution in [-0.2, 0) is 4.79 Å². The highest BCUT2D eigenvalue weighted by Gasteiger charge is 2.23. The normalized spacial score (nSPS) is 16.7. The van der Waals surface area contributed by atoms with Crippen LogP contribution in [0.25, 0.3) is 0 Å². The number of likely N-dealkylation sites (tertiary alicyclic amines) is 1. The summed E-state index contributed by atoms with van der Waals surface area (Å²) in [5.74, 6) is 0.766. The van der Waals surface area contributed by atoms with Crippen LogP contribution in [0.4, 0.5) is 11.5 Å². The number of carbonyl (C=O) groups excluding carboxylic acids is 1. The van der Waals surface area contributed by atoms with E-state index < -0.39 is 0 Å². The van der Waals surface area contributed by atoms with Crippen molar-refractivity contribution >= 4 is 33.3 Å². The van der Waals surface area contributed by atoms with Gasteiger partial charge < -0.3 is 16.0 Å². The summed E-state index contributed by atoms with van der Waals surface area (Å²) in [7, 11) is 0. The van der Waals surface area contributed by atoms with Gasteiger partial charge in [0.05, 0.1) is 16.4 Å². The molecule has 1 aromatic rings. The quantitative estimate of drug-likeness (QED) is 0.893. The lowest BCUT2D eigenvalue weighted by Crippen LogP contribution is -2.39. The van der Waals surface area contributed by atoms with Crippen LogP contribution < -0.4 is 11.1 Å². The van der Waals surface area contributed by atoms with Gasteiger partial charge in [-0.05, 0) is 41.8 Å². The van der Waals surface area contributed by atoms with Crippen molar-refractivity contribution in [2.45, 2.75) is 25.8 Å². The van der Waals surface area contributed by atoms with E-state index in [9.17, 15) is 4.79 Å². The zero-order valence-electron chi connectivity index (χ0n) is 10.3. The number of halogens is 1. The van der Waals surface area contributed by atoms with Gasteiger partial charge in [-0.2, -0.15) is 0 Å².